The van der Waals surface area contributed by atoms with Gasteiger partial charge in [0, 0.05) is 7.05 Å². The number of nitrogens with two attached hydrogens (primary N) is 3. The van der Waals surface area contributed by atoms with Gasteiger partial charge < -0.3 is 22.5 Å². The highest BCUT2D eigenvalue weighted by molar-refractivity contribution is 5.33. The molecule has 0 saturated carbocycles. The van der Waals surface area contributed by atoms with Crippen molar-refractivity contribution in [2.45, 2.75) is 0 Å². The molecule has 0 aromatic heterocycles. The fourth-order valence-corrected chi connectivity index (χ4v) is 0.912. The minimum atomic E-state index is -0.237. The lowest BCUT2D eigenvalue weighted by Gasteiger charge is -2.33. The highest BCUT2D eigenvalue weighted by Gasteiger charge is 2.27. The molecule has 1 aliphatic heterocycles. The lowest BCUT2D eigenvalue weighted by Crippen LogP contribution is -2.48. The van der Waals surface area contributed by atoms with Gasteiger partial charge in [-0.2, -0.15) is 0 Å². The molecule has 0 aliphatic carbocycles. The number of hydroxylamine groups is 2. The summed E-state index contributed by atoms with van der Waals surface area (Å²) in [5.41, 5.74) is 16.3. The van der Waals surface area contributed by atoms with Crippen LogP contribution in [-0.2, 0) is 0 Å². The second-order valence-electron chi connectivity index (χ2n) is 2.39. The fourth-order valence-electron chi connectivity index (χ4n) is 0.912. The molecule has 0 radical (unpaired) electrons. The van der Waals surface area contributed by atoms with Crippen LogP contribution in [0.2, 0.25) is 0 Å². The Hall–Kier alpha value is -1.80. The van der Waals surface area contributed by atoms with Gasteiger partial charge in [-0.1, -0.05) is 0 Å². The number of nitrogens with one attached hydrogen (secondary N) is 1. The van der Waals surface area contributed by atoms with Gasteiger partial charge in [0.05, 0.1) is 0 Å². The summed E-state index contributed by atoms with van der Waals surface area (Å²) >= 11 is 0. The Kier molecular flexibility index (Phi) is 2.09. The average Bonchev–Trinajstić information content (AvgIpc) is 2.13. The van der Waals surface area contributed by atoms with Crippen molar-refractivity contribution in [3.8, 4) is 0 Å². The van der Waals surface area contributed by atoms with Crippen LogP contribution in [0.4, 0.5) is 0 Å². The van der Waals surface area contributed by atoms with Crippen LogP contribution in [-0.4, -0.2) is 27.8 Å². The summed E-state index contributed by atoms with van der Waals surface area (Å²) in [6.45, 7) is 0. The summed E-state index contributed by atoms with van der Waals surface area (Å²) in [7, 11) is 1.51. The van der Waals surface area contributed by atoms with Crippen molar-refractivity contribution in [3.05, 3.63) is 23.0 Å². The minimum Gasteiger partial charge on any atom is -0.394 e. The van der Waals surface area contributed by atoms with E-state index in [1.807, 2.05) is 0 Å². The lowest BCUT2D eigenvalue weighted by molar-refractivity contribution is -0.334. The molecular weight excluding hydrogens is 176 g/mol. The molecule has 9 N–H and O–H groups in total. The van der Waals surface area contributed by atoms with E-state index in [0.29, 0.717) is 5.17 Å². The first kappa shape index (κ1) is 9.29. The quantitative estimate of drug-likeness (QED) is 0.271. The largest absolute Gasteiger partial charge is 0.394 e. The molecule has 0 aromatic rings. The number of hydrazine groups is 1. The second kappa shape index (κ2) is 2.92. The van der Waals surface area contributed by atoms with Crippen LogP contribution >= 0.6 is 0 Å². The number of hydrogen-bond acceptors (Lipinski definition) is 8. The van der Waals surface area contributed by atoms with Gasteiger partial charge in [0.2, 0.25) is 0 Å². The number of nitrogens with zero attached hydrogens (tertiary/aromatic N) is 2. The monoisotopic (exact) mass is 188 g/mol. The third kappa shape index (κ3) is 1.17. The maximum Gasteiger partial charge on any atom is 0.178 e. The maximum absolute atomic E-state index is 9.24. The molecule has 0 saturated heterocycles. The van der Waals surface area contributed by atoms with Crippen molar-refractivity contribution < 1.29 is 10.4 Å². The van der Waals surface area contributed by atoms with E-state index in [1.54, 1.807) is 0 Å². The summed E-state index contributed by atoms with van der Waals surface area (Å²) in [5.74, 6) is -0.187. The highest BCUT2D eigenvalue weighted by atomic mass is 16.7. The third-order valence-corrected chi connectivity index (χ3v) is 1.65. The highest BCUT2D eigenvalue weighted by Crippen LogP contribution is 2.17. The smallest absolute Gasteiger partial charge is 0.178 e. The summed E-state index contributed by atoms with van der Waals surface area (Å²) in [6, 6.07) is 0. The Balaban J connectivity index is 3.19. The predicted octanol–water partition coefficient (Wildman–Crippen LogP) is -2.27. The predicted molar refractivity (Wildman–Crippen MR) is 42.9 cm³/mol. The van der Waals surface area contributed by atoms with Crippen LogP contribution in [0.3, 0.4) is 0 Å². The van der Waals surface area contributed by atoms with Crippen LogP contribution < -0.4 is 22.5 Å². The Morgan fingerprint density at radius 3 is 2.08 bits per heavy atom. The molecule has 0 aromatic carbocycles. The molecule has 0 atom stereocenters. The molecule has 0 amide bonds. The minimum absolute atomic E-state index is 0.00264. The van der Waals surface area contributed by atoms with E-state index in [4.69, 9.17) is 22.4 Å². The summed E-state index contributed by atoms with van der Waals surface area (Å²) in [5, 5.41) is 21.6. The van der Waals surface area contributed by atoms with Crippen molar-refractivity contribution >= 4 is 0 Å². The molecule has 8 nitrogen and oxygen atoms in total. The Labute approximate surface area is 74.4 Å². The molecule has 0 fully saturated rings. The SMILES string of the molecule is CNC1=C(N)C(N)=C(N)N(O)N1O. The van der Waals surface area contributed by atoms with E-state index in [9.17, 15) is 5.21 Å². The first-order valence-electron chi connectivity index (χ1n) is 3.41. The van der Waals surface area contributed by atoms with Crippen LogP contribution in [0, 0.1) is 0 Å². The molecule has 0 spiro atoms. The molecule has 0 unspecified atom stereocenters. The lowest BCUT2D eigenvalue weighted by atomic mass is 10.3. The van der Waals surface area contributed by atoms with Crippen molar-refractivity contribution in [3.63, 3.8) is 0 Å². The Bertz CT molecular complexity index is 285. The molecule has 1 heterocycles. The first-order chi connectivity index (χ1) is 6.00. The van der Waals surface area contributed by atoms with Gasteiger partial charge in [-0.05, 0) is 0 Å². The topological polar surface area (TPSA) is 137 Å². The van der Waals surface area contributed by atoms with Gasteiger partial charge in [0.25, 0.3) is 0 Å². The Morgan fingerprint density at radius 2 is 1.62 bits per heavy atom. The fraction of sp³-hybridized carbons (Fsp3) is 0.200. The van der Waals surface area contributed by atoms with E-state index in [-0.39, 0.29) is 28.2 Å². The van der Waals surface area contributed by atoms with Gasteiger partial charge >= 0.3 is 0 Å². The third-order valence-electron chi connectivity index (χ3n) is 1.65. The zero-order valence-electron chi connectivity index (χ0n) is 7.02. The average molecular weight is 188 g/mol. The molecule has 74 valence electrons. The van der Waals surface area contributed by atoms with Crippen molar-refractivity contribution in [2.75, 3.05) is 7.05 Å². The van der Waals surface area contributed by atoms with Gasteiger partial charge in [-0.3, -0.25) is 10.4 Å². The normalized spacial score (nSPS) is 18.4. The van der Waals surface area contributed by atoms with Crippen LogP contribution in [0.1, 0.15) is 0 Å². The molecule has 1 rings (SSSR count). The standard InChI is InChI=1S/C5H12N6O2/c1-9-5-3(7)2(6)4(8)10(12)11(5)13/h9,12-13H,6-8H2,1H3. The molecular formula is C5H12N6O2. The molecule has 1 aliphatic rings. The summed E-state index contributed by atoms with van der Waals surface area (Å²) in [4.78, 5) is 0. The van der Waals surface area contributed by atoms with Crippen molar-refractivity contribution in [1.82, 2.24) is 15.7 Å². The van der Waals surface area contributed by atoms with Crippen LogP contribution in [0.15, 0.2) is 23.0 Å². The van der Waals surface area contributed by atoms with E-state index < -0.39 is 0 Å². The van der Waals surface area contributed by atoms with E-state index in [1.165, 1.54) is 7.05 Å². The van der Waals surface area contributed by atoms with Gasteiger partial charge in [0.1, 0.15) is 11.4 Å². The van der Waals surface area contributed by atoms with E-state index in [2.05, 4.69) is 5.32 Å². The maximum atomic E-state index is 9.24. The second-order valence-corrected chi connectivity index (χ2v) is 2.39. The van der Waals surface area contributed by atoms with E-state index >= 15 is 0 Å². The molecule has 13 heavy (non-hydrogen) atoms. The van der Waals surface area contributed by atoms with Crippen molar-refractivity contribution in [1.29, 1.82) is 0 Å². The van der Waals surface area contributed by atoms with E-state index in [0.717, 1.165) is 0 Å². The zero-order valence-corrected chi connectivity index (χ0v) is 7.02. The Morgan fingerprint density at radius 1 is 1.08 bits per heavy atom. The van der Waals surface area contributed by atoms with Gasteiger partial charge in [-0.15, -0.1) is 10.3 Å². The van der Waals surface area contributed by atoms with Gasteiger partial charge in [0.15, 0.2) is 11.6 Å². The van der Waals surface area contributed by atoms with Gasteiger partial charge in [-0.25, -0.2) is 0 Å². The number of rotatable bonds is 1. The summed E-state index contributed by atoms with van der Waals surface area (Å²) in [6.07, 6.45) is 0. The van der Waals surface area contributed by atoms with Crippen molar-refractivity contribution in [2.24, 2.45) is 17.2 Å². The number of hydrogen-bond donors (Lipinski definition) is 6. The molecule has 0 bridgehead atoms. The molecule has 8 heteroatoms. The first-order valence-corrected chi connectivity index (χ1v) is 3.41. The summed E-state index contributed by atoms with van der Waals surface area (Å²) < 4.78 is 0. The van der Waals surface area contributed by atoms with Crippen LogP contribution in [0.25, 0.3) is 0 Å². The zero-order chi connectivity index (χ0) is 10.2. The van der Waals surface area contributed by atoms with Crippen LogP contribution in [0.5, 0.6) is 0 Å².